The van der Waals surface area contributed by atoms with Crippen molar-refractivity contribution in [3.63, 3.8) is 0 Å². The van der Waals surface area contributed by atoms with E-state index in [-0.39, 0.29) is 42.2 Å². The highest BCUT2D eigenvalue weighted by molar-refractivity contribution is 7.98. The van der Waals surface area contributed by atoms with Crippen LogP contribution in [0.4, 0.5) is 42.8 Å². The quantitative estimate of drug-likeness (QED) is 0.151. The zero-order valence-corrected chi connectivity index (χ0v) is 26.3. The molecule has 0 saturated heterocycles. The Hall–Kier alpha value is -3.95. The summed E-state index contributed by atoms with van der Waals surface area (Å²) in [5.41, 5.74) is -2.54. The van der Waals surface area contributed by atoms with Gasteiger partial charge in [-0.3, -0.25) is 4.90 Å². The summed E-state index contributed by atoms with van der Waals surface area (Å²) in [6, 6.07) is 3.30. The van der Waals surface area contributed by atoms with Crippen molar-refractivity contribution in [1.82, 2.24) is 15.0 Å². The minimum absolute atomic E-state index is 0.00296. The molecule has 9 nitrogen and oxygen atoms in total. The van der Waals surface area contributed by atoms with Crippen LogP contribution in [0.2, 0.25) is 0 Å². The molecule has 0 N–H and O–H groups in total. The predicted molar refractivity (Wildman–Crippen MR) is 160 cm³/mol. The number of carbonyl (C=O) groups excluding carboxylic acids is 1. The van der Waals surface area contributed by atoms with Gasteiger partial charge in [-0.15, -0.1) is 0 Å². The summed E-state index contributed by atoms with van der Waals surface area (Å²) in [4.78, 5) is 29.4. The maximum Gasteiger partial charge on any atom is 0.416 e. The normalized spacial score (nSPS) is 16.5. The smallest absolute Gasteiger partial charge is 0.416 e. The van der Waals surface area contributed by atoms with Crippen LogP contribution in [0.15, 0.2) is 42.7 Å². The van der Waals surface area contributed by atoms with Crippen molar-refractivity contribution in [2.45, 2.75) is 57.7 Å². The first-order valence-corrected chi connectivity index (χ1v) is 15.7. The number of nitrogens with zero attached hydrogens (tertiary/aromatic N) is 5. The Balaban J connectivity index is 1.89. The number of carbonyl (C=O) groups is 1. The molecule has 0 spiro atoms. The van der Waals surface area contributed by atoms with Crippen LogP contribution in [0.25, 0.3) is 0 Å². The average molecular weight is 674 g/mol. The second kappa shape index (κ2) is 14.6. The van der Waals surface area contributed by atoms with Crippen LogP contribution in [0.5, 0.6) is 11.6 Å². The highest BCUT2D eigenvalue weighted by Crippen LogP contribution is 2.44. The van der Waals surface area contributed by atoms with Crippen LogP contribution < -0.4 is 19.3 Å². The highest BCUT2D eigenvalue weighted by Gasteiger charge is 2.42. The molecular formula is C30H33F6N5O4S. The van der Waals surface area contributed by atoms with Crippen LogP contribution >= 0.6 is 11.8 Å². The van der Waals surface area contributed by atoms with Gasteiger partial charge in [-0.1, -0.05) is 6.92 Å². The molecule has 3 heterocycles. The van der Waals surface area contributed by atoms with Gasteiger partial charge in [-0.25, -0.2) is 19.7 Å². The lowest BCUT2D eigenvalue weighted by Crippen LogP contribution is -2.48. The van der Waals surface area contributed by atoms with E-state index in [1.165, 1.54) is 29.3 Å². The largest absolute Gasteiger partial charge is 0.489 e. The van der Waals surface area contributed by atoms with Crippen molar-refractivity contribution in [2.24, 2.45) is 0 Å². The van der Waals surface area contributed by atoms with Gasteiger partial charge < -0.3 is 19.1 Å². The number of rotatable bonds is 11. The van der Waals surface area contributed by atoms with E-state index in [0.29, 0.717) is 42.4 Å². The van der Waals surface area contributed by atoms with Crippen molar-refractivity contribution >= 4 is 29.5 Å². The van der Waals surface area contributed by atoms with Crippen molar-refractivity contribution in [2.75, 3.05) is 42.1 Å². The number of thioether (sulfide) groups is 1. The number of ether oxygens (including phenoxy) is 3. The van der Waals surface area contributed by atoms with Crippen molar-refractivity contribution in [3.8, 4) is 11.6 Å². The third kappa shape index (κ3) is 8.06. The fourth-order valence-corrected chi connectivity index (χ4v) is 5.40. The lowest BCUT2D eigenvalue weighted by molar-refractivity contribution is -0.143. The lowest BCUT2D eigenvalue weighted by Gasteiger charge is -2.43. The maximum absolute atomic E-state index is 13.8. The van der Waals surface area contributed by atoms with Gasteiger partial charge in [-0.2, -0.15) is 38.1 Å². The van der Waals surface area contributed by atoms with E-state index >= 15 is 0 Å². The van der Waals surface area contributed by atoms with Crippen molar-refractivity contribution in [3.05, 3.63) is 65.1 Å². The molecule has 1 unspecified atom stereocenters. The van der Waals surface area contributed by atoms with Gasteiger partial charge in [0.2, 0.25) is 11.8 Å². The van der Waals surface area contributed by atoms with E-state index in [1.807, 2.05) is 13.2 Å². The summed E-state index contributed by atoms with van der Waals surface area (Å²) in [7, 11) is 1.39. The second-order valence-electron chi connectivity index (χ2n) is 10.2. The third-order valence-corrected chi connectivity index (χ3v) is 7.84. The van der Waals surface area contributed by atoms with Crippen LogP contribution in [0.1, 0.15) is 55.1 Å². The molecule has 1 amide bonds. The van der Waals surface area contributed by atoms with Crippen molar-refractivity contribution < 1.29 is 45.3 Å². The lowest BCUT2D eigenvalue weighted by atomic mass is 9.92. The van der Waals surface area contributed by atoms with Gasteiger partial charge in [-0.05, 0) is 55.9 Å². The first kappa shape index (κ1) is 34.9. The summed E-state index contributed by atoms with van der Waals surface area (Å²) in [6.07, 6.45) is -5.40. The Morgan fingerprint density at radius 1 is 1.04 bits per heavy atom. The molecule has 16 heteroatoms. The summed E-state index contributed by atoms with van der Waals surface area (Å²) in [6.45, 7) is 3.53. The molecule has 2 atom stereocenters. The average Bonchev–Trinajstić information content (AvgIpc) is 3.02. The van der Waals surface area contributed by atoms with Crippen LogP contribution in [-0.2, 0) is 23.6 Å². The van der Waals surface area contributed by atoms with Gasteiger partial charge in [0, 0.05) is 24.4 Å². The molecule has 0 fully saturated rings. The monoisotopic (exact) mass is 673 g/mol. The standard InChI is InChI=1S/C30H33F6N5O4S/c1-5-21-14-24(26-23(7-8-25(39-26)43-3)41(21)28(42)44-6-2)40(27-37-15-22(16-38-27)45-9-10-46-4)17-18-11-19(29(31,32)33)13-20(12-18)30(34,35)36/h7-8,11-13,15-16,21,24H,5-6,9-10,14,17H2,1-4H3/t21?,24-/m0/s1. The van der Waals surface area contributed by atoms with E-state index in [2.05, 4.69) is 15.0 Å². The molecule has 0 saturated carbocycles. The topological polar surface area (TPSA) is 89.9 Å². The zero-order valence-electron chi connectivity index (χ0n) is 25.5. The minimum atomic E-state index is -5.03. The van der Waals surface area contributed by atoms with E-state index in [1.54, 1.807) is 30.8 Å². The number of aromatic nitrogens is 3. The Morgan fingerprint density at radius 2 is 1.70 bits per heavy atom. The number of methoxy groups -OCH3 is 1. The first-order valence-electron chi connectivity index (χ1n) is 14.3. The highest BCUT2D eigenvalue weighted by atomic mass is 32.2. The second-order valence-corrected chi connectivity index (χ2v) is 11.2. The molecule has 3 aromatic rings. The van der Waals surface area contributed by atoms with E-state index < -0.39 is 48.2 Å². The van der Waals surface area contributed by atoms with Gasteiger partial charge >= 0.3 is 18.4 Å². The number of hydrogen-bond acceptors (Lipinski definition) is 9. The number of alkyl halides is 6. The van der Waals surface area contributed by atoms with Crippen LogP contribution in [0, 0.1) is 0 Å². The number of benzene rings is 1. The zero-order chi connectivity index (χ0) is 33.6. The molecule has 46 heavy (non-hydrogen) atoms. The fraction of sp³-hybridized carbons (Fsp3) is 0.467. The van der Waals surface area contributed by atoms with Crippen LogP contribution in [0.3, 0.4) is 0 Å². The van der Waals surface area contributed by atoms with Gasteiger partial charge in [0.05, 0.1) is 61.3 Å². The van der Waals surface area contributed by atoms with Gasteiger partial charge in [0.15, 0.2) is 5.75 Å². The summed E-state index contributed by atoms with van der Waals surface area (Å²) < 4.78 is 99.0. The number of halogens is 6. The van der Waals surface area contributed by atoms with E-state index in [9.17, 15) is 31.1 Å². The van der Waals surface area contributed by atoms with Crippen molar-refractivity contribution in [1.29, 1.82) is 0 Å². The predicted octanol–water partition coefficient (Wildman–Crippen LogP) is 7.55. The molecule has 0 bridgehead atoms. The first-order chi connectivity index (χ1) is 21.8. The van der Waals surface area contributed by atoms with Gasteiger partial charge in [0.1, 0.15) is 0 Å². The summed E-state index contributed by atoms with van der Waals surface area (Å²) >= 11 is 1.57. The molecular weight excluding hydrogens is 640 g/mol. The fourth-order valence-electron chi connectivity index (χ4n) is 5.15. The van der Waals surface area contributed by atoms with Crippen LogP contribution in [-0.4, -0.2) is 59.4 Å². The number of pyridine rings is 1. The Morgan fingerprint density at radius 3 is 2.24 bits per heavy atom. The number of anilines is 2. The third-order valence-electron chi connectivity index (χ3n) is 7.26. The van der Waals surface area contributed by atoms with Gasteiger partial charge in [0.25, 0.3) is 0 Å². The summed E-state index contributed by atoms with van der Waals surface area (Å²) in [5.74, 6) is 1.22. The number of fused-ring (bicyclic) bond motifs is 1. The minimum Gasteiger partial charge on any atom is -0.489 e. The molecule has 250 valence electrons. The maximum atomic E-state index is 13.8. The Bertz CT molecular complexity index is 1460. The SMILES string of the molecule is CCOC(=O)N1c2ccc(OC)nc2[C@@H](N(Cc2cc(C(F)(F)F)cc(C(F)(F)F)c2)c2ncc(OCCSC)cn2)CC1CC. The molecule has 0 radical (unpaired) electrons. The molecule has 1 aliphatic heterocycles. The molecule has 1 aromatic carbocycles. The molecule has 1 aliphatic rings. The Labute approximate surface area is 266 Å². The number of hydrogen-bond donors (Lipinski definition) is 0. The molecule has 0 aliphatic carbocycles. The Kier molecular flexibility index (Phi) is 11.1. The summed E-state index contributed by atoms with van der Waals surface area (Å²) in [5, 5.41) is 0. The molecule has 2 aromatic heterocycles. The van der Waals surface area contributed by atoms with E-state index in [4.69, 9.17) is 14.2 Å². The van der Waals surface area contributed by atoms with E-state index in [0.717, 1.165) is 0 Å². The molecule has 4 rings (SSSR count). The number of amides is 1.